The topological polar surface area (TPSA) is 41.6 Å². The number of esters is 1. The number of ether oxygens (including phenoxy) is 1. The van der Waals surface area contributed by atoms with Crippen LogP contribution in [-0.2, 0) is 9.53 Å². The summed E-state index contributed by atoms with van der Waals surface area (Å²) in [5.41, 5.74) is -0.569. The van der Waals surface area contributed by atoms with Gasteiger partial charge in [0.1, 0.15) is 5.54 Å². The molecule has 1 aliphatic rings. The molecule has 1 aliphatic heterocycles. The first-order valence-electron chi connectivity index (χ1n) is 8.17. The van der Waals surface area contributed by atoms with Crippen LogP contribution in [0.1, 0.15) is 59.3 Å². The van der Waals surface area contributed by atoms with Gasteiger partial charge in [0.25, 0.3) is 0 Å². The van der Waals surface area contributed by atoms with E-state index in [-0.39, 0.29) is 5.97 Å². The van der Waals surface area contributed by atoms with E-state index in [1.165, 1.54) is 38.6 Å². The van der Waals surface area contributed by atoms with Crippen LogP contribution < -0.4 is 5.32 Å². The number of carbonyl (C=O) groups is 1. The zero-order valence-corrected chi connectivity index (χ0v) is 13.7. The van der Waals surface area contributed by atoms with Gasteiger partial charge >= 0.3 is 5.97 Å². The van der Waals surface area contributed by atoms with Crippen molar-refractivity contribution in [2.75, 3.05) is 26.7 Å². The Labute approximate surface area is 124 Å². The highest BCUT2D eigenvalue weighted by atomic mass is 16.5. The summed E-state index contributed by atoms with van der Waals surface area (Å²) in [6, 6.07) is 0.681. The lowest BCUT2D eigenvalue weighted by atomic mass is 9.97. The van der Waals surface area contributed by atoms with Gasteiger partial charge in [-0.15, -0.1) is 0 Å². The molecule has 4 heteroatoms. The van der Waals surface area contributed by atoms with E-state index in [1.807, 2.05) is 20.9 Å². The van der Waals surface area contributed by atoms with Gasteiger partial charge < -0.3 is 15.0 Å². The van der Waals surface area contributed by atoms with Crippen LogP contribution in [0.4, 0.5) is 0 Å². The first-order valence-corrected chi connectivity index (χ1v) is 8.17. The van der Waals surface area contributed by atoms with E-state index in [4.69, 9.17) is 4.74 Å². The van der Waals surface area contributed by atoms with Crippen molar-refractivity contribution in [2.24, 2.45) is 0 Å². The molecule has 1 rings (SSSR count). The summed E-state index contributed by atoms with van der Waals surface area (Å²) in [5.74, 6) is -0.134. The summed E-state index contributed by atoms with van der Waals surface area (Å²) in [5, 5.41) is 3.15. The van der Waals surface area contributed by atoms with E-state index in [0.717, 1.165) is 13.0 Å². The van der Waals surface area contributed by atoms with Crippen molar-refractivity contribution in [1.82, 2.24) is 10.2 Å². The van der Waals surface area contributed by atoms with Gasteiger partial charge in [0.15, 0.2) is 0 Å². The summed E-state index contributed by atoms with van der Waals surface area (Å²) in [4.78, 5) is 14.7. The van der Waals surface area contributed by atoms with Crippen LogP contribution in [0, 0.1) is 0 Å². The monoisotopic (exact) mass is 284 g/mol. The zero-order valence-electron chi connectivity index (χ0n) is 13.7. The maximum atomic E-state index is 12.1. The van der Waals surface area contributed by atoms with E-state index < -0.39 is 5.54 Å². The number of hydrogen-bond donors (Lipinski definition) is 1. The Hall–Kier alpha value is -0.610. The Morgan fingerprint density at radius 3 is 2.70 bits per heavy atom. The van der Waals surface area contributed by atoms with Gasteiger partial charge in [-0.3, -0.25) is 4.79 Å². The van der Waals surface area contributed by atoms with Crippen molar-refractivity contribution >= 4 is 5.97 Å². The summed E-state index contributed by atoms with van der Waals surface area (Å²) < 4.78 is 5.20. The molecule has 0 bridgehead atoms. The van der Waals surface area contributed by atoms with Crippen molar-refractivity contribution in [2.45, 2.75) is 70.9 Å². The predicted molar refractivity (Wildman–Crippen MR) is 82.8 cm³/mol. The Kier molecular flexibility index (Phi) is 7.52. The molecule has 20 heavy (non-hydrogen) atoms. The summed E-state index contributed by atoms with van der Waals surface area (Å²) in [6.07, 6.45) is 7.28. The Morgan fingerprint density at radius 2 is 2.10 bits per heavy atom. The smallest absolute Gasteiger partial charge is 0.326 e. The molecule has 1 heterocycles. The molecule has 0 aliphatic carbocycles. The molecule has 4 nitrogen and oxygen atoms in total. The van der Waals surface area contributed by atoms with Gasteiger partial charge in [-0.2, -0.15) is 0 Å². The van der Waals surface area contributed by atoms with Gasteiger partial charge in [0, 0.05) is 12.6 Å². The van der Waals surface area contributed by atoms with Gasteiger partial charge in [-0.1, -0.05) is 19.8 Å². The molecule has 2 atom stereocenters. The van der Waals surface area contributed by atoms with Crippen LogP contribution in [0.5, 0.6) is 0 Å². The predicted octanol–water partition coefficient (Wildman–Crippen LogP) is 2.57. The fraction of sp³-hybridized carbons (Fsp3) is 0.938. The number of nitrogens with zero attached hydrogens (tertiary/aromatic N) is 1. The Morgan fingerprint density at radius 1 is 1.35 bits per heavy atom. The number of hydrogen-bond acceptors (Lipinski definition) is 4. The lowest BCUT2D eigenvalue weighted by Gasteiger charge is -2.33. The number of nitrogens with one attached hydrogen (secondary N) is 1. The second-order valence-electron chi connectivity index (χ2n) is 6.00. The second kappa shape index (κ2) is 8.63. The SMILES string of the molecule is CCOC(=O)C(C)(CCN1CCCCCC1CC)NC. The minimum absolute atomic E-state index is 0.134. The van der Waals surface area contributed by atoms with Crippen LogP contribution in [0.3, 0.4) is 0 Å². The summed E-state index contributed by atoms with van der Waals surface area (Å²) >= 11 is 0. The normalized spacial score (nSPS) is 23.9. The third-order valence-electron chi connectivity index (χ3n) is 4.65. The van der Waals surface area contributed by atoms with E-state index >= 15 is 0 Å². The lowest BCUT2D eigenvalue weighted by Crippen LogP contribution is -2.51. The highest BCUT2D eigenvalue weighted by Gasteiger charge is 2.34. The largest absolute Gasteiger partial charge is 0.465 e. The molecular weight excluding hydrogens is 252 g/mol. The fourth-order valence-electron chi connectivity index (χ4n) is 2.98. The third-order valence-corrected chi connectivity index (χ3v) is 4.65. The maximum Gasteiger partial charge on any atom is 0.326 e. The molecule has 0 aromatic heterocycles. The second-order valence-corrected chi connectivity index (χ2v) is 6.00. The molecule has 1 fully saturated rings. The Balaban J connectivity index is 2.59. The van der Waals surface area contributed by atoms with E-state index in [0.29, 0.717) is 12.6 Å². The first-order chi connectivity index (χ1) is 9.57. The summed E-state index contributed by atoms with van der Waals surface area (Å²) in [6.45, 7) is 8.65. The van der Waals surface area contributed by atoms with E-state index in [1.54, 1.807) is 0 Å². The molecule has 1 saturated heterocycles. The molecule has 0 aromatic rings. The van der Waals surface area contributed by atoms with Gasteiger partial charge in [0.05, 0.1) is 6.61 Å². The van der Waals surface area contributed by atoms with E-state index in [2.05, 4.69) is 17.1 Å². The van der Waals surface area contributed by atoms with Gasteiger partial charge in [-0.05, 0) is 53.1 Å². The average Bonchev–Trinajstić information content (AvgIpc) is 2.69. The first kappa shape index (κ1) is 17.4. The lowest BCUT2D eigenvalue weighted by molar-refractivity contribution is -0.150. The van der Waals surface area contributed by atoms with Gasteiger partial charge in [0.2, 0.25) is 0 Å². The van der Waals surface area contributed by atoms with E-state index in [9.17, 15) is 4.79 Å². The number of likely N-dealkylation sites (tertiary alicyclic amines) is 1. The number of carbonyl (C=O) groups excluding carboxylic acids is 1. The molecule has 0 amide bonds. The number of rotatable bonds is 7. The summed E-state index contributed by atoms with van der Waals surface area (Å²) in [7, 11) is 1.84. The zero-order chi connectivity index (χ0) is 15.0. The van der Waals surface area contributed by atoms with Crippen LogP contribution in [0.15, 0.2) is 0 Å². The average molecular weight is 284 g/mol. The molecule has 0 saturated carbocycles. The maximum absolute atomic E-state index is 12.1. The molecule has 2 unspecified atom stereocenters. The van der Waals surface area contributed by atoms with Crippen molar-refractivity contribution in [1.29, 1.82) is 0 Å². The number of likely N-dealkylation sites (N-methyl/N-ethyl adjacent to an activating group) is 1. The Bertz CT molecular complexity index is 296. The van der Waals surface area contributed by atoms with Crippen molar-refractivity contribution in [3.05, 3.63) is 0 Å². The molecule has 0 radical (unpaired) electrons. The van der Waals surface area contributed by atoms with Crippen molar-refractivity contribution < 1.29 is 9.53 Å². The van der Waals surface area contributed by atoms with Crippen molar-refractivity contribution in [3.8, 4) is 0 Å². The minimum Gasteiger partial charge on any atom is -0.465 e. The van der Waals surface area contributed by atoms with Crippen LogP contribution >= 0.6 is 0 Å². The van der Waals surface area contributed by atoms with Crippen LogP contribution in [-0.4, -0.2) is 49.2 Å². The molecule has 0 spiro atoms. The quantitative estimate of drug-likeness (QED) is 0.730. The molecule has 1 N–H and O–H groups in total. The third kappa shape index (κ3) is 4.74. The minimum atomic E-state index is -0.569. The molecule has 118 valence electrons. The highest BCUT2D eigenvalue weighted by molar-refractivity contribution is 5.80. The van der Waals surface area contributed by atoms with Crippen molar-refractivity contribution in [3.63, 3.8) is 0 Å². The van der Waals surface area contributed by atoms with Crippen LogP contribution in [0.25, 0.3) is 0 Å². The standard InChI is InChI=1S/C16H32N2O2/c1-5-14-10-8-7-9-12-18(14)13-11-16(3,17-4)15(19)20-6-2/h14,17H,5-13H2,1-4H3. The van der Waals surface area contributed by atoms with Crippen LogP contribution in [0.2, 0.25) is 0 Å². The molecule has 0 aromatic carbocycles. The highest BCUT2D eigenvalue weighted by Crippen LogP contribution is 2.21. The fourth-order valence-corrected chi connectivity index (χ4v) is 2.98. The molecular formula is C16H32N2O2. The van der Waals surface area contributed by atoms with Gasteiger partial charge in [-0.25, -0.2) is 0 Å².